The van der Waals surface area contributed by atoms with Gasteiger partial charge in [-0.1, -0.05) is 69.9 Å². The Morgan fingerprint density at radius 2 is 0.800 bits per heavy atom. The molecule has 0 aliphatic rings. The largest absolute Gasteiger partial charge is 2.00 e. The van der Waals surface area contributed by atoms with Crippen LogP contribution in [0.1, 0.15) is 107 Å². The van der Waals surface area contributed by atoms with E-state index in [1.54, 1.807) is 0 Å². The summed E-state index contributed by atoms with van der Waals surface area (Å²) in [5.41, 5.74) is 19.1. The van der Waals surface area contributed by atoms with E-state index in [4.69, 9.17) is 11.5 Å². The van der Waals surface area contributed by atoms with Crippen LogP contribution in [0.2, 0.25) is 0 Å². The summed E-state index contributed by atoms with van der Waals surface area (Å²) in [6.07, 6.45) is 22.2. The second-order valence-electron chi connectivity index (χ2n) is 11.8. The minimum Gasteiger partial charge on any atom is -0.548 e. The minimum absolute atomic E-state index is 0. The Hall–Kier alpha value is -0.519. The third kappa shape index (κ3) is 36.2. The van der Waals surface area contributed by atoms with Crippen LogP contribution in [0.3, 0.4) is 0 Å². The van der Waals surface area contributed by atoms with Crippen molar-refractivity contribution in [1.29, 1.82) is 0 Å². The second-order valence-corrected chi connectivity index (χ2v) is 14.0. The number of carbonyl (C=O) groups is 2. The van der Waals surface area contributed by atoms with E-state index in [0.29, 0.717) is 11.5 Å². The number of aliphatic carboxylic acids is 2. The Bertz CT molecular complexity index is 929. The van der Waals surface area contributed by atoms with Crippen LogP contribution in [0.5, 0.6) is 0 Å². The van der Waals surface area contributed by atoms with Gasteiger partial charge >= 0.3 is 45.5 Å². The number of allylic oxidation sites excluding steroid dienone is 10. The topological polar surface area (TPSA) is 132 Å². The molecule has 0 aromatic rings. The van der Waals surface area contributed by atoms with Gasteiger partial charge in [0.25, 0.3) is 0 Å². The van der Waals surface area contributed by atoms with Crippen molar-refractivity contribution in [2.45, 2.75) is 119 Å². The van der Waals surface area contributed by atoms with Gasteiger partial charge in [0, 0.05) is 23.0 Å². The number of hydrogen-bond acceptors (Lipinski definition) is 8. The molecule has 252 valence electrons. The molecule has 0 unspecified atom stereocenters. The molecule has 0 aliphatic heterocycles. The van der Waals surface area contributed by atoms with Crippen LogP contribution in [0.25, 0.3) is 0 Å². The Morgan fingerprint density at radius 1 is 0.533 bits per heavy atom. The first kappa shape index (κ1) is 48.9. The molecule has 0 heterocycles. The molecule has 0 aromatic carbocycles. The van der Waals surface area contributed by atoms with E-state index in [9.17, 15) is 19.8 Å². The summed E-state index contributed by atoms with van der Waals surface area (Å²) in [7, 11) is 0. The predicted octanol–water partition coefficient (Wildman–Crippen LogP) is 6.05. The zero-order valence-corrected chi connectivity index (χ0v) is 34.5. The summed E-state index contributed by atoms with van der Waals surface area (Å²) in [6.45, 7) is 17.1. The van der Waals surface area contributed by atoms with Gasteiger partial charge in [0.1, 0.15) is 0 Å². The first-order chi connectivity index (χ1) is 20.6. The molecule has 0 saturated carbocycles. The van der Waals surface area contributed by atoms with Gasteiger partial charge in [-0.3, -0.25) is 0 Å². The van der Waals surface area contributed by atoms with Crippen LogP contribution >= 0.6 is 23.5 Å². The molecule has 0 fully saturated rings. The molecule has 0 amide bonds. The molecule has 0 saturated heterocycles. The van der Waals surface area contributed by atoms with E-state index >= 15 is 0 Å². The first-order valence-corrected chi connectivity index (χ1v) is 17.9. The monoisotopic (exact) mass is 736 g/mol. The maximum Gasteiger partial charge on any atom is 2.00 e. The minimum atomic E-state index is -1.18. The van der Waals surface area contributed by atoms with Gasteiger partial charge in [0.15, 0.2) is 0 Å². The van der Waals surface area contributed by atoms with Crippen LogP contribution < -0.4 is 21.7 Å². The fraction of sp³-hybridized carbons (Fsp3) is 0.611. The number of thioether (sulfide) groups is 2. The van der Waals surface area contributed by atoms with E-state index < -0.39 is 24.0 Å². The SMILES string of the molecule is CC(C)=CCC/C(C)=C/CC/C(C)=C/CSC[C@H](N)C(=O)[O-].CC(C)=CCC/C(C)=C/CC/C(C)=C/CSC[C@H](N)C(=O)[O-].[Sr+2]. The van der Waals surface area contributed by atoms with Gasteiger partial charge in [-0.25, -0.2) is 0 Å². The number of rotatable bonds is 22. The Morgan fingerprint density at radius 3 is 1.07 bits per heavy atom. The molecule has 9 heteroatoms. The maximum absolute atomic E-state index is 10.5. The van der Waals surface area contributed by atoms with Crippen molar-refractivity contribution in [3.8, 4) is 0 Å². The van der Waals surface area contributed by atoms with E-state index in [1.807, 2.05) is 0 Å². The van der Waals surface area contributed by atoms with Gasteiger partial charge in [-0.2, -0.15) is 23.5 Å². The van der Waals surface area contributed by atoms with Crippen LogP contribution in [0.15, 0.2) is 69.9 Å². The third-order valence-corrected chi connectivity index (χ3v) is 8.54. The number of nitrogens with two attached hydrogens (primary N) is 2. The molecule has 6 nitrogen and oxygen atoms in total. The molecule has 0 rings (SSSR count). The van der Waals surface area contributed by atoms with Gasteiger partial charge in [0.05, 0.1) is 24.0 Å². The summed E-state index contributed by atoms with van der Waals surface area (Å²) < 4.78 is 0. The second kappa shape index (κ2) is 32.0. The average Bonchev–Trinajstić information content (AvgIpc) is 2.93. The zero-order chi connectivity index (χ0) is 33.9. The van der Waals surface area contributed by atoms with Crippen LogP contribution in [-0.2, 0) is 9.59 Å². The number of carboxylic acids is 2. The fourth-order valence-corrected chi connectivity index (χ4v) is 5.46. The number of carboxylic acid groups (broad SMARTS) is 2. The van der Waals surface area contributed by atoms with Crippen LogP contribution in [0, 0.1) is 0 Å². The van der Waals surface area contributed by atoms with Crippen molar-refractivity contribution in [2.75, 3.05) is 23.0 Å². The van der Waals surface area contributed by atoms with Crippen molar-refractivity contribution in [3.63, 3.8) is 0 Å². The fourth-order valence-electron chi connectivity index (χ4n) is 3.61. The number of carbonyl (C=O) groups excluding carboxylic acids is 2. The molecule has 0 bridgehead atoms. The Kier molecular flexibility index (Phi) is 34.8. The summed E-state index contributed by atoms with van der Waals surface area (Å²) in [5, 5.41) is 20.9. The van der Waals surface area contributed by atoms with Crippen LogP contribution in [0.4, 0.5) is 0 Å². The Labute approximate surface area is 321 Å². The van der Waals surface area contributed by atoms with Crippen LogP contribution in [-0.4, -0.2) is 92.5 Å². The average molecular weight is 737 g/mol. The molecule has 0 spiro atoms. The van der Waals surface area contributed by atoms with Crippen molar-refractivity contribution in [1.82, 2.24) is 0 Å². The van der Waals surface area contributed by atoms with E-state index in [-0.39, 0.29) is 45.5 Å². The molecular formula is C36H60N2O4S2Sr. The normalized spacial score (nSPS) is 13.6. The first-order valence-electron chi connectivity index (χ1n) is 15.6. The molecule has 0 aromatic heterocycles. The molecule has 0 aliphatic carbocycles. The smallest absolute Gasteiger partial charge is 0.548 e. The summed E-state index contributed by atoms with van der Waals surface area (Å²) in [5.74, 6) is 0.0424. The van der Waals surface area contributed by atoms with E-state index in [2.05, 4.69) is 91.8 Å². The standard InChI is InChI=1S/2C18H31NO2S.Sr/c2*1-14(2)7-5-8-15(3)9-6-10-16(4)11-12-22-13-17(19)18(20)21;/h2*7,9,11,17H,5-6,8,10,12-13,19H2,1-4H3,(H,20,21);/q;;+2/p-2/b2*15-9+,16-11+;/t2*17-;/m00./s1. The number of hydrogen-bond donors (Lipinski definition) is 2. The van der Waals surface area contributed by atoms with Crippen molar-refractivity contribution in [3.05, 3.63) is 69.9 Å². The quantitative estimate of drug-likeness (QED) is 0.0781. The van der Waals surface area contributed by atoms with Crippen molar-refractivity contribution >= 4 is 80.9 Å². The predicted molar refractivity (Wildman–Crippen MR) is 197 cm³/mol. The summed E-state index contributed by atoms with van der Waals surface area (Å²) >= 11 is 3.05. The van der Waals surface area contributed by atoms with E-state index in [1.165, 1.54) is 57.0 Å². The molecule has 4 N–H and O–H groups in total. The molecule has 0 radical (unpaired) electrons. The molecule has 2 atom stereocenters. The summed E-state index contributed by atoms with van der Waals surface area (Å²) in [6, 6.07) is -1.74. The molecular weight excluding hydrogens is 676 g/mol. The van der Waals surface area contributed by atoms with Gasteiger partial charge in [-0.05, 0) is 107 Å². The third-order valence-electron chi connectivity index (χ3n) is 6.55. The van der Waals surface area contributed by atoms with Crippen molar-refractivity contribution in [2.24, 2.45) is 11.5 Å². The molecule has 45 heavy (non-hydrogen) atoms. The van der Waals surface area contributed by atoms with Gasteiger partial charge < -0.3 is 31.3 Å². The van der Waals surface area contributed by atoms with Gasteiger partial charge in [-0.15, -0.1) is 0 Å². The van der Waals surface area contributed by atoms with Crippen molar-refractivity contribution < 1.29 is 19.8 Å². The zero-order valence-electron chi connectivity index (χ0n) is 29.4. The maximum atomic E-state index is 10.5. The van der Waals surface area contributed by atoms with Gasteiger partial charge in [0.2, 0.25) is 0 Å². The Balaban J connectivity index is -0.000000767. The summed E-state index contributed by atoms with van der Waals surface area (Å²) in [4.78, 5) is 20.9. The van der Waals surface area contributed by atoms with E-state index in [0.717, 1.165) is 62.9 Å².